The molecule has 0 N–H and O–H groups in total. The first-order valence-electron chi connectivity index (χ1n) is 4.21. The van der Waals surface area contributed by atoms with E-state index in [1.165, 1.54) is 25.9 Å². The highest BCUT2D eigenvalue weighted by Gasteiger charge is 2.14. The number of rotatable bonds is 2. The van der Waals surface area contributed by atoms with Gasteiger partial charge in [0.1, 0.15) is 0 Å². The Balaban J connectivity index is 2.32. The summed E-state index contributed by atoms with van der Waals surface area (Å²) in [4.78, 5) is 2.53. The minimum atomic E-state index is 0.660. The molecule has 1 saturated heterocycles. The zero-order chi connectivity index (χ0) is 7.40. The molecule has 0 saturated carbocycles. The van der Waals surface area contributed by atoms with Gasteiger partial charge in [0.05, 0.1) is 0 Å². The molecule has 0 aromatic carbocycles. The van der Waals surface area contributed by atoms with Crippen LogP contribution in [0, 0.1) is 0 Å². The van der Waals surface area contributed by atoms with Crippen molar-refractivity contribution in [1.29, 1.82) is 0 Å². The Morgan fingerprint density at radius 2 is 1.90 bits per heavy atom. The van der Waals surface area contributed by atoms with Gasteiger partial charge in [-0.05, 0) is 39.8 Å². The molecule has 58 valence electrons. The van der Waals surface area contributed by atoms with Crippen LogP contribution in [0.1, 0.15) is 26.7 Å². The topological polar surface area (TPSA) is 3.24 Å². The molecule has 0 aromatic rings. The Hall–Kier alpha value is -0.300. The molecule has 1 heterocycles. The summed E-state index contributed by atoms with van der Waals surface area (Å²) in [6.45, 7) is 6.95. The molecule has 0 bridgehead atoms. The Labute approximate surface area is 63.7 Å². The van der Waals surface area contributed by atoms with Gasteiger partial charge in [-0.25, -0.2) is 0 Å². The Kier molecular flexibility index (Phi) is 2.94. The highest BCUT2D eigenvalue weighted by molar-refractivity contribution is 4.90. The molecule has 1 aliphatic heterocycles. The lowest BCUT2D eigenvalue weighted by molar-refractivity contribution is 0.300. The maximum Gasteiger partial charge on any atom is 0.0249 e. The monoisotopic (exact) mass is 139 g/mol. The van der Waals surface area contributed by atoms with Gasteiger partial charge in [0.15, 0.2) is 0 Å². The van der Waals surface area contributed by atoms with Gasteiger partial charge >= 0.3 is 0 Å². The molecule has 0 spiro atoms. The van der Waals surface area contributed by atoms with Crippen molar-refractivity contribution in [2.75, 3.05) is 13.1 Å². The van der Waals surface area contributed by atoms with Gasteiger partial charge in [-0.1, -0.05) is 12.2 Å². The van der Waals surface area contributed by atoms with E-state index in [0.717, 1.165) is 0 Å². The largest absolute Gasteiger partial charge is 0.297 e. The van der Waals surface area contributed by atoms with Crippen LogP contribution in [0.4, 0.5) is 0 Å². The maximum atomic E-state index is 2.53. The van der Waals surface area contributed by atoms with E-state index < -0.39 is 0 Å². The van der Waals surface area contributed by atoms with Crippen molar-refractivity contribution in [3.05, 3.63) is 12.2 Å². The number of nitrogens with zero attached hydrogens (tertiary/aromatic N) is 1. The van der Waals surface area contributed by atoms with Crippen molar-refractivity contribution in [3.63, 3.8) is 0 Å². The summed E-state index contributed by atoms with van der Waals surface area (Å²) in [6.07, 6.45) is 7.19. The molecular formula is C9H17N. The summed E-state index contributed by atoms with van der Waals surface area (Å²) >= 11 is 0. The predicted molar refractivity (Wildman–Crippen MR) is 45.1 cm³/mol. The minimum Gasteiger partial charge on any atom is -0.297 e. The second-order valence-electron chi connectivity index (χ2n) is 3.01. The second-order valence-corrected chi connectivity index (χ2v) is 3.01. The third-order valence-electron chi connectivity index (χ3n) is 2.19. The summed E-state index contributed by atoms with van der Waals surface area (Å²) in [5, 5.41) is 0. The van der Waals surface area contributed by atoms with E-state index in [1.807, 2.05) is 0 Å². The second kappa shape index (κ2) is 3.77. The Morgan fingerprint density at radius 3 is 2.40 bits per heavy atom. The van der Waals surface area contributed by atoms with Crippen LogP contribution < -0.4 is 0 Å². The zero-order valence-corrected chi connectivity index (χ0v) is 7.01. The summed E-state index contributed by atoms with van der Waals surface area (Å²) in [7, 11) is 0. The maximum absolute atomic E-state index is 2.53. The van der Waals surface area contributed by atoms with Crippen molar-refractivity contribution < 1.29 is 0 Å². The van der Waals surface area contributed by atoms with E-state index in [1.54, 1.807) is 0 Å². The standard InChI is InChI=1S/C9H17N/c1-3-6-9(2)10-7-4-5-8-10/h3,6,9H,4-5,7-8H2,1-2H3/t9-/m1/s1. The van der Waals surface area contributed by atoms with Crippen molar-refractivity contribution in [2.24, 2.45) is 0 Å². The first kappa shape index (κ1) is 7.80. The molecule has 1 nitrogen and oxygen atoms in total. The van der Waals surface area contributed by atoms with E-state index in [9.17, 15) is 0 Å². The van der Waals surface area contributed by atoms with E-state index in [-0.39, 0.29) is 0 Å². The lowest BCUT2D eigenvalue weighted by Crippen LogP contribution is -2.27. The fourth-order valence-electron chi connectivity index (χ4n) is 1.55. The normalized spacial score (nSPS) is 24.2. The number of hydrogen-bond donors (Lipinski definition) is 0. The Morgan fingerprint density at radius 1 is 1.30 bits per heavy atom. The fraction of sp³-hybridized carbons (Fsp3) is 0.778. The Bertz CT molecular complexity index is 112. The number of hydrogen-bond acceptors (Lipinski definition) is 1. The van der Waals surface area contributed by atoms with E-state index in [4.69, 9.17) is 0 Å². The van der Waals surface area contributed by atoms with Crippen LogP contribution in [-0.2, 0) is 0 Å². The summed E-state index contributed by atoms with van der Waals surface area (Å²) in [6, 6.07) is 0.660. The lowest BCUT2D eigenvalue weighted by Gasteiger charge is -2.19. The summed E-state index contributed by atoms with van der Waals surface area (Å²) in [5.41, 5.74) is 0. The van der Waals surface area contributed by atoms with Crippen molar-refractivity contribution in [2.45, 2.75) is 32.7 Å². The van der Waals surface area contributed by atoms with Crippen LogP contribution in [-0.4, -0.2) is 24.0 Å². The van der Waals surface area contributed by atoms with Crippen LogP contribution in [0.3, 0.4) is 0 Å². The molecule has 1 atom stereocenters. The SMILES string of the molecule is CC=C[C@@H](C)N1CCCC1. The van der Waals surface area contributed by atoms with Gasteiger partial charge in [-0.15, -0.1) is 0 Å². The summed E-state index contributed by atoms with van der Waals surface area (Å²) in [5.74, 6) is 0. The zero-order valence-electron chi connectivity index (χ0n) is 7.01. The highest BCUT2D eigenvalue weighted by atomic mass is 15.2. The average Bonchev–Trinajstić information content (AvgIpc) is 2.38. The molecule has 10 heavy (non-hydrogen) atoms. The van der Waals surface area contributed by atoms with Gasteiger partial charge < -0.3 is 0 Å². The van der Waals surface area contributed by atoms with E-state index >= 15 is 0 Å². The molecule has 0 unspecified atom stereocenters. The molecule has 0 aliphatic carbocycles. The van der Waals surface area contributed by atoms with Crippen molar-refractivity contribution in [1.82, 2.24) is 4.90 Å². The summed E-state index contributed by atoms with van der Waals surface area (Å²) < 4.78 is 0. The number of likely N-dealkylation sites (tertiary alicyclic amines) is 1. The van der Waals surface area contributed by atoms with Gasteiger partial charge in [0.25, 0.3) is 0 Å². The lowest BCUT2D eigenvalue weighted by atomic mass is 10.3. The molecule has 0 aromatic heterocycles. The molecule has 1 heteroatoms. The number of allylic oxidation sites excluding steroid dienone is 1. The van der Waals surface area contributed by atoms with Crippen LogP contribution >= 0.6 is 0 Å². The van der Waals surface area contributed by atoms with Gasteiger partial charge in [-0.3, -0.25) is 4.90 Å². The quantitative estimate of drug-likeness (QED) is 0.529. The minimum absolute atomic E-state index is 0.660. The first-order chi connectivity index (χ1) is 4.84. The molecular weight excluding hydrogens is 122 g/mol. The first-order valence-corrected chi connectivity index (χ1v) is 4.21. The van der Waals surface area contributed by atoms with Gasteiger partial charge in [0.2, 0.25) is 0 Å². The molecule has 1 fully saturated rings. The van der Waals surface area contributed by atoms with Crippen LogP contribution in [0.25, 0.3) is 0 Å². The highest BCUT2D eigenvalue weighted by Crippen LogP contribution is 2.11. The van der Waals surface area contributed by atoms with Crippen LogP contribution in [0.2, 0.25) is 0 Å². The van der Waals surface area contributed by atoms with Gasteiger partial charge in [0, 0.05) is 6.04 Å². The molecule has 1 rings (SSSR count). The van der Waals surface area contributed by atoms with Gasteiger partial charge in [-0.2, -0.15) is 0 Å². The third kappa shape index (κ3) is 1.84. The van der Waals surface area contributed by atoms with E-state index in [0.29, 0.717) is 6.04 Å². The van der Waals surface area contributed by atoms with Crippen molar-refractivity contribution in [3.8, 4) is 0 Å². The third-order valence-corrected chi connectivity index (χ3v) is 2.19. The van der Waals surface area contributed by atoms with E-state index in [2.05, 4.69) is 30.9 Å². The molecule has 1 aliphatic rings. The molecule has 0 radical (unpaired) electrons. The fourth-order valence-corrected chi connectivity index (χ4v) is 1.55. The smallest absolute Gasteiger partial charge is 0.0249 e. The molecule has 0 amide bonds. The van der Waals surface area contributed by atoms with Crippen LogP contribution in [0.15, 0.2) is 12.2 Å². The van der Waals surface area contributed by atoms with Crippen molar-refractivity contribution >= 4 is 0 Å². The average molecular weight is 139 g/mol. The van der Waals surface area contributed by atoms with Crippen LogP contribution in [0.5, 0.6) is 0 Å². The predicted octanol–water partition coefficient (Wildman–Crippen LogP) is 2.05.